The fourth-order valence-corrected chi connectivity index (χ4v) is 4.02. The fourth-order valence-electron chi connectivity index (χ4n) is 2.53. The van der Waals surface area contributed by atoms with Gasteiger partial charge in [-0.1, -0.05) is 35.0 Å². The number of benzene rings is 2. The molecule has 0 N–H and O–H groups in total. The second kappa shape index (κ2) is 5.39. The third-order valence-corrected chi connectivity index (χ3v) is 4.57. The van der Waals surface area contributed by atoms with Crippen molar-refractivity contribution in [2.75, 3.05) is 4.90 Å². The monoisotopic (exact) mass is 407 g/mol. The number of amides is 2. The molecule has 1 aliphatic heterocycles. The van der Waals surface area contributed by atoms with E-state index in [9.17, 15) is 9.59 Å². The minimum Gasteiger partial charge on any atom is -0.268 e. The molecule has 1 aliphatic rings. The maximum absolute atomic E-state index is 12.6. The van der Waals surface area contributed by atoms with Gasteiger partial charge in [-0.05, 0) is 52.2 Å². The van der Waals surface area contributed by atoms with Crippen LogP contribution in [0.15, 0.2) is 45.3 Å². The molecule has 0 saturated carbocycles. The zero-order valence-corrected chi connectivity index (χ0v) is 14.4. The van der Waals surface area contributed by atoms with E-state index in [-0.39, 0.29) is 11.8 Å². The van der Waals surface area contributed by atoms with Crippen molar-refractivity contribution in [1.29, 1.82) is 0 Å². The minimum absolute atomic E-state index is 0.270. The number of halogens is 2. The number of fused-ring (bicyclic) bond motifs is 1. The normalized spacial score (nSPS) is 13.8. The van der Waals surface area contributed by atoms with Gasteiger partial charge in [-0.15, -0.1) is 0 Å². The Labute approximate surface area is 139 Å². The van der Waals surface area contributed by atoms with Gasteiger partial charge in [0.15, 0.2) is 0 Å². The first-order chi connectivity index (χ1) is 10.0. The molecule has 0 aliphatic carbocycles. The molecule has 5 heteroatoms. The number of rotatable bonds is 2. The third-order valence-electron chi connectivity index (χ3n) is 3.51. The highest BCUT2D eigenvalue weighted by Crippen LogP contribution is 2.38. The Morgan fingerprint density at radius 1 is 1.00 bits per heavy atom. The molecule has 0 bridgehead atoms. The van der Waals surface area contributed by atoms with Crippen LogP contribution in [0.4, 0.5) is 5.69 Å². The standard InChI is InChI=1S/C16H11Br2NO2/c1-2-9-7-10(17)8-13(18)14(9)19-15(20)11-5-3-4-6-12(11)16(19)21/h3-8H,2H2,1H3. The number of carbonyl (C=O) groups is 2. The lowest BCUT2D eigenvalue weighted by molar-refractivity contribution is 0.0925. The zero-order valence-electron chi connectivity index (χ0n) is 11.2. The lowest BCUT2D eigenvalue weighted by Crippen LogP contribution is -2.30. The van der Waals surface area contributed by atoms with Crippen LogP contribution in [0.3, 0.4) is 0 Å². The van der Waals surface area contributed by atoms with Gasteiger partial charge in [-0.25, -0.2) is 4.90 Å². The Kier molecular flexibility index (Phi) is 3.71. The molecule has 0 atom stereocenters. The van der Waals surface area contributed by atoms with Gasteiger partial charge in [0, 0.05) is 8.95 Å². The quantitative estimate of drug-likeness (QED) is 0.682. The van der Waals surface area contributed by atoms with E-state index in [2.05, 4.69) is 31.9 Å². The molecule has 0 fully saturated rings. The molecule has 0 radical (unpaired) electrons. The number of imide groups is 1. The van der Waals surface area contributed by atoms with E-state index in [1.54, 1.807) is 24.3 Å². The summed E-state index contributed by atoms with van der Waals surface area (Å²) in [5, 5.41) is 0. The number of aryl methyl sites for hydroxylation is 1. The summed E-state index contributed by atoms with van der Waals surface area (Å²) in [4.78, 5) is 26.4. The van der Waals surface area contributed by atoms with Crippen molar-refractivity contribution in [3.8, 4) is 0 Å². The lowest BCUT2D eigenvalue weighted by atomic mass is 10.1. The Morgan fingerprint density at radius 2 is 1.57 bits per heavy atom. The van der Waals surface area contributed by atoms with Crippen LogP contribution in [-0.4, -0.2) is 11.8 Å². The maximum atomic E-state index is 12.6. The molecule has 1 heterocycles. The van der Waals surface area contributed by atoms with Gasteiger partial charge < -0.3 is 0 Å². The maximum Gasteiger partial charge on any atom is 0.266 e. The molecule has 21 heavy (non-hydrogen) atoms. The van der Waals surface area contributed by atoms with Crippen LogP contribution >= 0.6 is 31.9 Å². The Hall–Kier alpha value is -1.46. The first-order valence-electron chi connectivity index (χ1n) is 6.50. The number of nitrogens with zero attached hydrogens (tertiary/aromatic N) is 1. The number of hydrogen-bond donors (Lipinski definition) is 0. The van der Waals surface area contributed by atoms with Gasteiger partial charge in [-0.3, -0.25) is 9.59 Å². The third kappa shape index (κ3) is 2.24. The first kappa shape index (κ1) is 14.5. The molecular weight excluding hydrogens is 398 g/mol. The Morgan fingerprint density at radius 3 is 2.10 bits per heavy atom. The van der Waals surface area contributed by atoms with Crippen molar-refractivity contribution in [1.82, 2.24) is 0 Å². The zero-order chi connectivity index (χ0) is 15.1. The van der Waals surface area contributed by atoms with Crippen molar-refractivity contribution < 1.29 is 9.59 Å². The van der Waals surface area contributed by atoms with E-state index in [4.69, 9.17) is 0 Å². The molecule has 0 unspecified atom stereocenters. The summed E-state index contributed by atoms with van der Waals surface area (Å²) in [6, 6.07) is 10.7. The van der Waals surface area contributed by atoms with Crippen LogP contribution in [0.1, 0.15) is 33.2 Å². The minimum atomic E-state index is -0.270. The van der Waals surface area contributed by atoms with E-state index >= 15 is 0 Å². The van der Waals surface area contributed by atoms with Gasteiger partial charge in [-0.2, -0.15) is 0 Å². The first-order valence-corrected chi connectivity index (χ1v) is 8.09. The van der Waals surface area contributed by atoms with Crippen molar-refractivity contribution in [3.05, 3.63) is 62.0 Å². The topological polar surface area (TPSA) is 37.4 Å². The number of hydrogen-bond acceptors (Lipinski definition) is 2. The van der Waals surface area contributed by atoms with Crippen LogP contribution in [0.5, 0.6) is 0 Å². The highest BCUT2D eigenvalue weighted by atomic mass is 79.9. The SMILES string of the molecule is CCc1cc(Br)cc(Br)c1N1C(=O)c2ccccc2C1=O. The largest absolute Gasteiger partial charge is 0.268 e. The summed E-state index contributed by atoms with van der Waals surface area (Å²) >= 11 is 6.91. The summed E-state index contributed by atoms with van der Waals surface area (Å²) in [5.41, 5.74) is 2.48. The van der Waals surface area contributed by atoms with E-state index in [0.717, 1.165) is 20.9 Å². The summed E-state index contributed by atoms with van der Waals surface area (Å²) in [6.45, 7) is 2.00. The average Bonchev–Trinajstić information content (AvgIpc) is 2.71. The van der Waals surface area contributed by atoms with Gasteiger partial charge in [0.2, 0.25) is 0 Å². The van der Waals surface area contributed by atoms with Crippen LogP contribution < -0.4 is 4.90 Å². The molecule has 3 rings (SSSR count). The van der Waals surface area contributed by atoms with Crippen LogP contribution in [0, 0.1) is 0 Å². The van der Waals surface area contributed by atoms with Crippen molar-refractivity contribution in [2.45, 2.75) is 13.3 Å². The molecule has 106 valence electrons. The molecule has 2 aromatic rings. The second-order valence-electron chi connectivity index (χ2n) is 4.74. The molecule has 2 amide bonds. The van der Waals surface area contributed by atoms with Crippen molar-refractivity contribution in [2.24, 2.45) is 0 Å². The van der Waals surface area contributed by atoms with Gasteiger partial charge in [0.05, 0.1) is 16.8 Å². The average molecular weight is 409 g/mol. The lowest BCUT2D eigenvalue weighted by Gasteiger charge is -2.20. The predicted molar refractivity (Wildman–Crippen MR) is 88.8 cm³/mol. The molecular formula is C16H11Br2NO2. The van der Waals surface area contributed by atoms with E-state index in [1.165, 1.54) is 4.90 Å². The molecule has 0 saturated heterocycles. The molecule has 2 aromatic carbocycles. The van der Waals surface area contributed by atoms with Gasteiger partial charge in [0.1, 0.15) is 0 Å². The second-order valence-corrected chi connectivity index (χ2v) is 6.51. The number of anilines is 1. The van der Waals surface area contributed by atoms with Crippen molar-refractivity contribution in [3.63, 3.8) is 0 Å². The molecule has 3 nitrogen and oxygen atoms in total. The fraction of sp³-hybridized carbons (Fsp3) is 0.125. The molecule has 0 aromatic heterocycles. The van der Waals surface area contributed by atoms with Crippen LogP contribution in [-0.2, 0) is 6.42 Å². The highest BCUT2D eigenvalue weighted by Gasteiger charge is 2.38. The van der Waals surface area contributed by atoms with Gasteiger partial charge >= 0.3 is 0 Å². The van der Waals surface area contributed by atoms with E-state index < -0.39 is 0 Å². The van der Waals surface area contributed by atoms with Gasteiger partial charge in [0.25, 0.3) is 11.8 Å². The summed E-state index contributed by atoms with van der Waals surface area (Å²) in [7, 11) is 0. The van der Waals surface area contributed by atoms with Crippen LogP contribution in [0.25, 0.3) is 0 Å². The van der Waals surface area contributed by atoms with E-state index in [1.807, 2.05) is 19.1 Å². The predicted octanol–water partition coefficient (Wildman–Crippen LogP) is 4.57. The summed E-state index contributed by atoms with van der Waals surface area (Å²) in [5.74, 6) is -0.540. The summed E-state index contributed by atoms with van der Waals surface area (Å²) in [6.07, 6.45) is 0.723. The summed E-state index contributed by atoms with van der Waals surface area (Å²) < 4.78 is 1.63. The van der Waals surface area contributed by atoms with E-state index in [0.29, 0.717) is 16.8 Å². The molecule has 0 spiro atoms. The van der Waals surface area contributed by atoms with Crippen molar-refractivity contribution >= 4 is 49.4 Å². The Balaban J connectivity index is 2.20. The Bertz CT molecular complexity index is 736. The smallest absolute Gasteiger partial charge is 0.266 e. The highest BCUT2D eigenvalue weighted by molar-refractivity contribution is 9.11. The van der Waals surface area contributed by atoms with Crippen LogP contribution in [0.2, 0.25) is 0 Å². The number of carbonyl (C=O) groups excluding carboxylic acids is 2.